The van der Waals surface area contributed by atoms with E-state index in [1.54, 1.807) is 11.3 Å². The van der Waals surface area contributed by atoms with Crippen LogP contribution in [0.4, 0.5) is 0 Å². The van der Waals surface area contributed by atoms with Gasteiger partial charge in [-0.3, -0.25) is 4.40 Å². The van der Waals surface area contributed by atoms with Gasteiger partial charge in [0.2, 0.25) is 0 Å². The van der Waals surface area contributed by atoms with E-state index >= 15 is 0 Å². The van der Waals surface area contributed by atoms with Crippen LogP contribution in [-0.2, 0) is 0 Å². The Morgan fingerprint density at radius 1 is 0.500 bits per heavy atom. The Labute approximate surface area is 234 Å². The number of fused-ring (bicyclic) bond motifs is 5. The average Bonchev–Trinajstić information content (AvgIpc) is 3.58. The molecule has 0 saturated carbocycles. The number of hydrogen-bond donors (Lipinski definition) is 0. The molecule has 0 radical (unpaired) electrons. The molecule has 40 heavy (non-hydrogen) atoms. The number of rotatable bonds is 4. The Bertz CT molecular complexity index is 2100. The topological polar surface area (TPSA) is 43.1 Å². The van der Waals surface area contributed by atoms with Gasteiger partial charge in [-0.15, -0.1) is 11.3 Å². The molecule has 4 aromatic heterocycles. The molecule has 0 spiro atoms. The lowest BCUT2D eigenvalue weighted by atomic mass is 10.0. The van der Waals surface area contributed by atoms with Crippen molar-refractivity contribution in [1.29, 1.82) is 0 Å². The second-order valence-electron chi connectivity index (χ2n) is 9.78. The molecule has 0 fully saturated rings. The van der Waals surface area contributed by atoms with Gasteiger partial charge in [0.15, 0.2) is 5.82 Å². The molecule has 5 heteroatoms. The van der Waals surface area contributed by atoms with Crippen LogP contribution in [0.5, 0.6) is 0 Å². The highest BCUT2D eigenvalue weighted by molar-refractivity contribution is 7.25. The molecule has 0 aliphatic rings. The first-order valence-corrected chi connectivity index (χ1v) is 14.0. The molecule has 4 aromatic carbocycles. The Kier molecular flexibility index (Phi) is 5.28. The molecular formula is C35H22N4S. The first-order valence-electron chi connectivity index (χ1n) is 13.2. The lowest BCUT2D eigenvalue weighted by Gasteiger charge is -2.10. The summed E-state index contributed by atoms with van der Waals surface area (Å²) in [7, 11) is 0. The van der Waals surface area contributed by atoms with E-state index in [1.807, 2.05) is 36.4 Å². The minimum atomic E-state index is 0.706. The Hall–Kier alpha value is -5.13. The normalized spacial score (nSPS) is 11.5. The van der Waals surface area contributed by atoms with Crippen molar-refractivity contribution in [1.82, 2.24) is 19.4 Å². The zero-order valence-electron chi connectivity index (χ0n) is 21.4. The maximum absolute atomic E-state index is 5.02. The number of aromatic nitrogens is 4. The first kappa shape index (κ1) is 22.8. The Morgan fingerprint density at radius 2 is 1.15 bits per heavy atom. The minimum Gasteiger partial charge on any atom is -0.290 e. The summed E-state index contributed by atoms with van der Waals surface area (Å²) < 4.78 is 3.47. The molecule has 0 N–H and O–H groups in total. The highest BCUT2D eigenvalue weighted by atomic mass is 32.1. The van der Waals surface area contributed by atoms with Crippen molar-refractivity contribution in [2.24, 2.45) is 0 Å². The lowest BCUT2D eigenvalue weighted by molar-refractivity contribution is 1.18. The molecule has 0 unspecified atom stereocenters. The summed E-state index contributed by atoms with van der Waals surface area (Å²) in [5.74, 6) is 0.706. The zero-order valence-corrected chi connectivity index (χ0v) is 22.2. The highest BCUT2D eigenvalue weighted by Crippen LogP contribution is 2.35. The van der Waals surface area contributed by atoms with Gasteiger partial charge >= 0.3 is 0 Å². The highest BCUT2D eigenvalue weighted by Gasteiger charge is 2.14. The molecule has 8 aromatic rings. The maximum atomic E-state index is 5.02. The van der Waals surface area contributed by atoms with Gasteiger partial charge in [-0.05, 0) is 41.5 Å². The van der Waals surface area contributed by atoms with E-state index in [9.17, 15) is 0 Å². The first-order chi connectivity index (χ1) is 19.8. The Balaban J connectivity index is 1.26. The van der Waals surface area contributed by atoms with E-state index in [2.05, 4.69) is 102 Å². The molecule has 0 atom stereocenters. The average molecular weight is 531 g/mol. The fourth-order valence-electron chi connectivity index (χ4n) is 5.25. The number of imidazole rings is 1. The minimum absolute atomic E-state index is 0.706. The number of thiophene rings is 1. The van der Waals surface area contributed by atoms with Crippen LogP contribution in [0.25, 0.3) is 71.1 Å². The van der Waals surface area contributed by atoms with E-state index in [4.69, 9.17) is 15.0 Å². The largest absolute Gasteiger partial charge is 0.290 e. The van der Waals surface area contributed by atoms with Crippen molar-refractivity contribution in [2.45, 2.75) is 0 Å². The number of pyridine rings is 1. The van der Waals surface area contributed by atoms with Gasteiger partial charge in [0.1, 0.15) is 16.0 Å². The van der Waals surface area contributed by atoms with Crippen LogP contribution in [0.1, 0.15) is 0 Å². The van der Waals surface area contributed by atoms with Gasteiger partial charge in [-0.2, -0.15) is 0 Å². The summed E-state index contributed by atoms with van der Waals surface area (Å²) in [5.41, 5.74) is 9.17. The van der Waals surface area contributed by atoms with E-state index < -0.39 is 0 Å². The maximum Gasteiger partial charge on any atom is 0.160 e. The van der Waals surface area contributed by atoms with Gasteiger partial charge in [0.05, 0.1) is 11.4 Å². The fourth-order valence-corrected chi connectivity index (χ4v) is 6.38. The standard InChI is InChI=1S/C35H22N4S/c1-3-10-23(11-4-1)29-21-30(24-12-5-2-6-13-24)37-34(36-29)26-15-9-14-25(20-26)27-18-19-32-38-33-28-16-7-8-17-31(28)40-35(33)39(32)22-27/h1-22H. The Morgan fingerprint density at radius 3 is 1.90 bits per heavy atom. The van der Waals surface area contributed by atoms with Gasteiger partial charge in [-0.1, -0.05) is 97.1 Å². The third-order valence-corrected chi connectivity index (χ3v) is 8.40. The fraction of sp³-hybridized carbons (Fsp3) is 0. The third kappa shape index (κ3) is 3.87. The molecule has 0 amide bonds. The molecule has 4 heterocycles. The number of benzene rings is 4. The van der Waals surface area contributed by atoms with Gasteiger partial charge in [-0.25, -0.2) is 15.0 Å². The summed E-state index contributed by atoms with van der Waals surface area (Å²) >= 11 is 1.78. The molecule has 0 aliphatic heterocycles. The van der Waals surface area contributed by atoms with Crippen molar-refractivity contribution in [3.8, 4) is 45.0 Å². The van der Waals surface area contributed by atoms with E-state index in [0.29, 0.717) is 5.82 Å². The van der Waals surface area contributed by atoms with Crippen molar-refractivity contribution in [3.63, 3.8) is 0 Å². The number of hydrogen-bond acceptors (Lipinski definition) is 4. The monoisotopic (exact) mass is 530 g/mol. The van der Waals surface area contributed by atoms with Crippen LogP contribution >= 0.6 is 11.3 Å². The summed E-state index contributed by atoms with van der Waals surface area (Å²) in [5, 5.41) is 1.21. The summed E-state index contributed by atoms with van der Waals surface area (Å²) in [6.07, 6.45) is 2.19. The molecule has 188 valence electrons. The molecule has 0 aliphatic carbocycles. The van der Waals surface area contributed by atoms with Crippen molar-refractivity contribution in [3.05, 3.63) is 134 Å². The smallest absolute Gasteiger partial charge is 0.160 e. The molecule has 0 saturated heterocycles. The van der Waals surface area contributed by atoms with Crippen LogP contribution in [0, 0.1) is 0 Å². The van der Waals surface area contributed by atoms with Gasteiger partial charge in [0.25, 0.3) is 0 Å². The van der Waals surface area contributed by atoms with Crippen LogP contribution in [0.3, 0.4) is 0 Å². The van der Waals surface area contributed by atoms with E-state index in [0.717, 1.165) is 50.4 Å². The second-order valence-corrected chi connectivity index (χ2v) is 10.8. The second kappa shape index (κ2) is 9.26. The van der Waals surface area contributed by atoms with E-state index in [-0.39, 0.29) is 0 Å². The van der Waals surface area contributed by atoms with Crippen LogP contribution in [-0.4, -0.2) is 19.4 Å². The zero-order chi connectivity index (χ0) is 26.5. The predicted molar refractivity (Wildman–Crippen MR) is 165 cm³/mol. The van der Waals surface area contributed by atoms with Crippen LogP contribution in [0.2, 0.25) is 0 Å². The summed E-state index contributed by atoms with van der Waals surface area (Å²) in [6, 6.07) is 43.8. The van der Waals surface area contributed by atoms with Gasteiger partial charge < -0.3 is 0 Å². The van der Waals surface area contributed by atoms with E-state index in [1.165, 1.54) is 14.9 Å². The quantitative estimate of drug-likeness (QED) is 0.228. The summed E-state index contributed by atoms with van der Waals surface area (Å²) in [4.78, 5) is 16.1. The van der Waals surface area contributed by atoms with Crippen molar-refractivity contribution >= 4 is 37.4 Å². The van der Waals surface area contributed by atoms with Crippen LogP contribution < -0.4 is 0 Å². The van der Waals surface area contributed by atoms with Crippen molar-refractivity contribution in [2.75, 3.05) is 0 Å². The summed E-state index contributed by atoms with van der Waals surface area (Å²) in [6.45, 7) is 0. The van der Waals surface area contributed by atoms with Gasteiger partial charge in [0, 0.05) is 33.0 Å². The van der Waals surface area contributed by atoms with Crippen molar-refractivity contribution < 1.29 is 0 Å². The third-order valence-electron chi connectivity index (χ3n) is 7.24. The SMILES string of the molecule is c1ccc(-c2cc(-c3ccccc3)nc(-c3cccc(-c4ccc5nc6c7ccccc7sc6n5c4)c3)n2)cc1. The lowest BCUT2D eigenvalue weighted by Crippen LogP contribution is -1.96. The molecular weight excluding hydrogens is 508 g/mol. The molecule has 0 bridgehead atoms. The number of nitrogens with zero attached hydrogens (tertiary/aromatic N) is 4. The van der Waals surface area contributed by atoms with Crippen LogP contribution in [0.15, 0.2) is 134 Å². The molecule has 8 rings (SSSR count). The predicted octanol–water partition coefficient (Wildman–Crippen LogP) is 9.16. The molecule has 4 nitrogen and oxygen atoms in total.